The summed E-state index contributed by atoms with van der Waals surface area (Å²) < 4.78 is 45.3. The Kier molecular flexibility index (Phi) is 7.26. The minimum absolute atomic E-state index is 0.0574. The molecule has 1 aromatic heterocycles. The number of thioether (sulfide) groups is 1. The molecule has 2 rings (SSSR count). The van der Waals surface area contributed by atoms with E-state index in [1.165, 1.54) is 0 Å². The number of hydrogen-bond donors (Lipinski definition) is 2. The van der Waals surface area contributed by atoms with E-state index in [9.17, 15) is 12.8 Å². The van der Waals surface area contributed by atoms with Crippen molar-refractivity contribution in [1.29, 1.82) is 0 Å². The van der Waals surface area contributed by atoms with Gasteiger partial charge >= 0.3 is 10.2 Å². The highest BCUT2D eigenvalue weighted by atomic mass is 32.2. The number of furan rings is 1. The summed E-state index contributed by atoms with van der Waals surface area (Å²) in [4.78, 5) is 10.0. The highest BCUT2D eigenvalue weighted by Gasteiger charge is 2.27. The van der Waals surface area contributed by atoms with Crippen molar-refractivity contribution in [2.45, 2.75) is 12.3 Å². The molecule has 11 heteroatoms. The summed E-state index contributed by atoms with van der Waals surface area (Å²) in [7, 11) is 0.281. The normalized spacial score (nSPS) is 19.5. The zero-order chi connectivity index (χ0) is 18.3. The lowest BCUT2D eigenvalue weighted by atomic mass is 10.4. The van der Waals surface area contributed by atoms with Crippen LogP contribution in [0.25, 0.3) is 0 Å². The number of alkyl halides is 1. The average Bonchev–Trinajstić information content (AvgIpc) is 3.08. The first kappa shape index (κ1) is 19.7. The summed E-state index contributed by atoms with van der Waals surface area (Å²) in [6, 6.07) is 3.91. The molecular weight excluding hydrogens is 369 g/mol. The first-order chi connectivity index (χ1) is 11.9. The van der Waals surface area contributed by atoms with Crippen molar-refractivity contribution < 1.29 is 17.2 Å². The Morgan fingerprint density at radius 3 is 2.44 bits per heavy atom. The van der Waals surface area contributed by atoms with Gasteiger partial charge in [0.15, 0.2) is 11.7 Å². The van der Waals surface area contributed by atoms with E-state index in [2.05, 4.69) is 19.4 Å². The van der Waals surface area contributed by atoms with E-state index in [1.807, 2.05) is 31.1 Å². The van der Waals surface area contributed by atoms with Crippen LogP contribution < -0.4 is 9.44 Å². The molecule has 0 aliphatic carbocycles. The van der Waals surface area contributed by atoms with Crippen molar-refractivity contribution in [3.05, 3.63) is 23.7 Å². The smallest absolute Gasteiger partial charge is 0.324 e. The van der Waals surface area contributed by atoms with Crippen molar-refractivity contribution >= 4 is 33.6 Å². The van der Waals surface area contributed by atoms with E-state index in [1.54, 1.807) is 11.8 Å². The van der Waals surface area contributed by atoms with Crippen molar-refractivity contribution in [2.24, 2.45) is 9.98 Å². The predicted molar refractivity (Wildman–Crippen MR) is 98.0 cm³/mol. The van der Waals surface area contributed by atoms with E-state index in [0.717, 1.165) is 18.1 Å². The standard InChI is InChI=1S/C14H22FN5O3S2/c1-20(2)9-11-3-4-12(23-11)10-24-8-7-17-14-13(16-6-5-15)18-25(21,22)19-14/h3-4H,5-10H2,1-2H3,(H,16,18)(H,17,19). The second-order valence-electron chi connectivity index (χ2n) is 5.52. The number of aliphatic imine (C=N–C) groups is 2. The second-order valence-corrected chi connectivity index (χ2v) is 8.04. The maximum absolute atomic E-state index is 12.2. The zero-order valence-electron chi connectivity index (χ0n) is 14.2. The van der Waals surface area contributed by atoms with E-state index in [4.69, 9.17) is 4.42 Å². The van der Waals surface area contributed by atoms with Crippen molar-refractivity contribution in [2.75, 3.05) is 39.6 Å². The molecule has 0 atom stereocenters. The van der Waals surface area contributed by atoms with Crippen LogP contribution in [0.5, 0.6) is 0 Å². The minimum Gasteiger partial charge on any atom is -0.464 e. The number of rotatable bonds is 9. The molecule has 1 aromatic rings. The van der Waals surface area contributed by atoms with Crippen LogP contribution in [-0.2, 0) is 22.5 Å². The van der Waals surface area contributed by atoms with Crippen LogP contribution in [-0.4, -0.2) is 64.6 Å². The summed E-state index contributed by atoms with van der Waals surface area (Å²) in [5.74, 6) is 3.39. The number of nitrogens with zero attached hydrogens (tertiary/aromatic N) is 3. The van der Waals surface area contributed by atoms with E-state index < -0.39 is 16.9 Å². The van der Waals surface area contributed by atoms with Gasteiger partial charge in [0.2, 0.25) is 0 Å². The maximum Gasteiger partial charge on any atom is 0.324 e. The number of halogens is 1. The lowest BCUT2D eigenvalue weighted by Crippen LogP contribution is -2.24. The Bertz CT molecular complexity index is 731. The monoisotopic (exact) mass is 391 g/mol. The van der Waals surface area contributed by atoms with Crippen LogP contribution in [0.4, 0.5) is 4.39 Å². The molecule has 2 N–H and O–H groups in total. The number of nitrogens with one attached hydrogen (secondary N) is 2. The average molecular weight is 391 g/mol. The second kappa shape index (κ2) is 9.20. The third kappa shape index (κ3) is 6.67. The van der Waals surface area contributed by atoms with Gasteiger partial charge in [-0.15, -0.1) is 0 Å². The lowest BCUT2D eigenvalue weighted by molar-refractivity contribution is 0.344. The Labute approximate surface area is 151 Å². The van der Waals surface area contributed by atoms with Crippen LogP contribution in [0.15, 0.2) is 26.5 Å². The van der Waals surface area contributed by atoms with Gasteiger partial charge in [-0.25, -0.2) is 13.8 Å². The quantitative estimate of drug-likeness (QED) is 0.606. The van der Waals surface area contributed by atoms with Gasteiger partial charge in [-0.1, -0.05) is 0 Å². The molecule has 1 aliphatic rings. The first-order valence-electron chi connectivity index (χ1n) is 7.65. The lowest BCUT2D eigenvalue weighted by Gasteiger charge is -2.05. The fraction of sp³-hybridized carbons (Fsp3) is 0.571. The molecule has 1 saturated heterocycles. The largest absolute Gasteiger partial charge is 0.464 e. The molecule has 0 spiro atoms. The van der Waals surface area contributed by atoms with Gasteiger partial charge in [0.25, 0.3) is 0 Å². The number of amidine groups is 2. The van der Waals surface area contributed by atoms with E-state index in [0.29, 0.717) is 18.1 Å². The molecule has 0 saturated carbocycles. The van der Waals surface area contributed by atoms with E-state index >= 15 is 0 Å². The summed E-state index contributed by atoms with van der Waals surface area (Å²) >= 11 is 1.63. The van der Waals surface area contributed by atoms with Crippen LogP contribution >= 0.6 is 11.8 Å². The molecule has 0 aromatic carbocycles. The molecule has 1 aliphatic heterocycles. The fourth-order valence-corrected chi connectivity index (χ4v) is 3.64. The van der Waals surface area contributed by atoms with Crippen LogP contribution in [0.2, 0.25) is 0 Å². The molecule has 0 unspecified atom stereocenters. The summed E-state index contributed by atoms with van der Waals surface area (Å²) in [5.41, 5.74) is 0. The zero-order valence-corrected chi connectivity index (χ0v) is 15.8. The number of hydrogen-bond acceptors (Lipinski definition) is 7. The van der Waals surface area contributed by atoms with Gasteiger partial charge in [-0.2, -0.15) is 20.2 Å². The highest BCUT2D eigenvalue weighted by molar-refractivity contribution is 7.98. The Hall–Kier alpha value is -1.59. The predicted octanol–water partition coefficient (Wildman–Crippen LogP) is 0.779. The fourth-order valence-electron chi connectivity index (χ4n) is 2.04. The van der Waals surface area contributed by atoms with E-state index in [-0.39, 0.29) is 18.2 Å². The third-order valence-electron chi connectivity index (χ3n) is 2.98. The van der Waals surface area contributed by atoms with Crippen molar-refractivity contribution in [3.63, 3.8) is 0 Å². The van der Waals surface area contributed by atoms with Gasteiger partial charge in [0.05, 0.1) is 25.4 Å². The van der Waals surface area contributed by atoms with Gasteiger partial charge in [-0.3, -0.25) is 9.98 Å². The topological polar surface area (TPSA) is 99.3 Å². The molecule has 25 heavy (non-hydrogen) atoms. The summed E-state index contributed by atoms with van der Waals surface area (Å²) in [5, 5.41) is 0. The Morgan fingerprint density at radius 1 is 1.16 bits per heavy atom. The molecule has 2 heterocycles. The molecule has 1 fully saturated rings. The third-order valence-corrected chi connectivity index (χ3v) is 4.86. The van der Waals surface area contributed by atoms with Crippen LogP contribution in [0, 0.1) is 0 Å². The minimum atomic E-state index is -3.68. The van der Waals surface area contributed by atoms with Crippen LogP contribution in [0.3, 0.4) is 0 Å². The van der Waals surface area contributed by atoms with Crippen molar-refractivity contribution in [3.8, 4) is 0 Å². The molecular formula is C14H22FN5O3S2. The summed E-state index contributed by atoms with van der Waals surface area (Å²) in [6.07, 6.45) is 0. The van der Waals surface area contributed by atoms with Crippen LogP contribution in [0.1, 0.15) is 11.5 Å². The molecule has 0 bridgehead atoms. The Balaban J connectivity index is 1.79. The summed E-state index contributed by atoms with van der Waals surface area (Å²) in [6.45, 7) is 0.394. The SMILES string of the molecule is CN(C)Cc1ccc(CSCCN=C2NS(=O)(=O)NC2=NCCF)o1. The van der Waals surface area contributed by atoms with Gasteiger partial charge < -0.3 is 9.32 Å². The van der Waals surface area contributed by atoms with Crippen molar-refractivity contribution in [1.82, 2.24) is 14.3 Å². The van der Waals surface area contributed by atoms with Gasteiger partial charge in [0.1, 0.15) is 18.2 Å². The Morgan fingerprint density at radius 2 is 1.80 bits per heavy atom. The molecule has 140 valence electrons. The molecule has 0 radical (unpaired) electrons. The molecule has 0 amide bonds. The maximum atomic E-state index is 12.2. The first-order valence-corrected chi connectivity index (χ1v) is 10.3. The highest BCUT2D eigenvalue weighted by Crippen LogP contribution is 2.16. The van der Waals surface area contributed by atoms with Gasteiger partial charge in [0, 0.05) is 5.75 Å². The molecule has 8 nitrogen and oxygen atoms in total. The van der Waals surface area contributed by atoms with Gasteiger partial charge in [-0.05, 0) is 26.2 Å².